The second-order valence-electron chi connectivity index (χ2n) is 9.26. The summed E-state index contributed by atoms with van der Waals surface area (Å²) in [5.74, 6) is -0.940. The maximum atomic E-state index is 12.7. The minimum Gasteiger partial charge on any atom is -0.464 e. The molecule has 1 aromatic carbocycles. The Hall–Kier alpha value is -4.08. The minimum absolute atomic E-state index is 0.0469. The Bertz CT molecular complexity index is 1170. The molecule has 10 nitrogen and oxygen atoms in total. The largest absolute Gasteiger partial charge is 0.464 e. The normalized spacial score (nSPS) is 15.6. The summed E-state index contributed by atoms with van der Waals surface area (Å²) in [7, 11) is 0. The quantitative estimate of drug-likeness (QED) is 0.477. The highest BCUT2D eigenvalue weighted by molar-refractivity contribution is 5.96. The first-order valence-electron chi connectivity index (χ1n) is 11.6. The molecule has 0 spiro atoms. The van der Waals surface area contributed by atoms with Crippen molar-refractivity contribution in [2.45, 2.75) is 46.1 Å². The molecule has 0 radical (unpaired) electrons. The van der Waals surface area contributed by atoms with E-state index < -0.39 is 43.1 Å². The van der Waals surface area contributed by atoms with Crippen LogP contribution >= 0.6 is 0 Å². The van der Waals surface area contributed by atoms with Crippen LogP contribution in [-0.4, -0.2) is 43.6 Å². The highest BCUT2D eigenvalue weighted by Gasteiger charge is 2.36. The molecule has 0 aliphatic carbocycles. The predicted octanol–water partition coefficient (Wildman–Crippen LogP) is 3.03. The molecule has 3 rings (SSSR count). The lowest BCUT2D eigenvalue weighted by Gasteiger charge is -2.27. The fraction of sp³-hybridized carbons (Fsp3) is 0.385. The van der Waals surface area contributed by atoms with E-state index in [1.807, 2.05) is 12.1 Å². The number of benzene rings is 1. The Morgan fingerprint density at radius 1 is 1.06 bits per heavy atom. The van der Waals surface area contributed by atoms with Gasteiger partial charge in [-0.3, -0.25) is 9.59 Å². The summed E-state index contributed by atoms with van der Waals surface area (Å²) in [5, 5.41) is 7.63. The van der Waals surface area contributed by atoms with Crippen molar-refractivity contribution in [1.82, 2.24) is 16.0 Å². The predicted molar refractivity (Wildman–Crippen MR) is 130 cm³/mol. The third-order valence-corrected chi connectivity index (χ3v) is 5.48. The van der Waals surface area contributed by atoms with Gasteiger partial charge < -0.3 is 29.8 Å². The smallest absolute Gasteiger partial charge is 0.338 e. The first-order valence-corrected chi connectivity index (χ1v) is 11.6. The lowest BCUT2D eigenvalue weighted by atomic mass is 9.87. The zero-order valence-electron chi connectivity index (χ0n) is 21.0. The third-order valence-electron chi connectivity index (χ3n) is 5.48. The number of nitrogens with one attached hydrogen (secondary N) is 3. The lowest BCUT2D eigenvalue weighted by Crippen LogP contribution is -2.47. The molecule has 3 amide bonds. The van der Waals surface area contributed by atoms with E-state index in [9.17, 15) is 19.2 Å². The van der Waals surface area contributed by atoms with Crippen molar-refractivity contribution >= 4 is 23.9 Å². The standard InChI is InChI=1S/C26H31N3O7/c1-6-34-24(32)21-18(28-25(33)29-22(21)19-12-7-15(2)36-19)14-35-20(30)13-27-23(31)16-8-10-17(11-9-16)26(3,4)5/h7-12,22H,6,13-14H2,1-5H3,(H,27,31)(H2,28,29,33). The molecule has 0 fully saturated rings. The van der Waals surface area contributed by atoms with Crippen LogP contribution in [0.25, 0.3) is 0 Å². The van der Waals surface area contributed by atoms with Gasteiger partial charge in [-0.15, -0.1) is 0 Å². The number of carbonyl (C=O) groups is 4. The van der Waals surface area contributed by atoms with Gasteiger partial charge in [-0.2, -0.15) is 0 Å². The zero-order chi connectivity index (χ0) is 26.5. The van der Waals surface area contributed by atoms with Gasteiger partial charge in [0.2, 0.25) is 0 Å². The van der Waals surface area contributed by atoms with Crippen LogP contribution in [0.4, 0.5) is 4.79 Å². The molecular weight excluding hydrogens is 466 g/mol. The number of amides is 3. The Labute approximate surface area is 209 Å². The molecule has 3 N–H and O–H groups in total. The summed E-state index contributed by atoms with van der Waals surface area (Å²) in [6.45, 7) is 8.91. The summed E-state index contributed by atoms with van der Waals surface area (Å²) < 4.78 is 16.0. The van der Waals surface area contributed by atoms with Crippen molar-refractivity contribution in [3.05, 3.63) is 70.3 Å². The van der Waals surface area contributed by atoms with E-state index in [0.717, 1.165) is 5.56 Å². The Morgan fingerprint density at radius 3 is 2.33 bits per heavy atom. The van der Waals surface area contributed by atoms with Crippen LogP contribution in [0.2, 0.25) is 0 Å². The maximum absolute atomic E-state index is 12.7. The van der Waals surface area contributed by atoms with Crippen molar-refractivity contribution in [2.24, 2.45) is 0 Å². The number of carbonyl (C=O) groups excluding carboxylic acids is 4. The van der Waals surface area contributed by atoms with E-state index in [4.69, 9.17) is 13.9 Å². The topological polar surface area (TPSA) is 136 Å². The van der Waals surface area contributed by atoms with E-state index >= 15 is 0 Å². The second kappa shape index (κ2) is 11.1. The van der Waals surface area contributed by atoms with Crippen LogP contribution in [0.3, 0.4) is 0 Å². The van der Waals surface area contributed by atoms with Gasteiger partial charge in [0.15, 0.2) is 0 Å². The lowest BCUT2D eigenvalue weighted by molar-refractivity contribution is -0.142. The van der Waals surface area contributed by atoms with E-state index in [2.05, 4.69) is 36.7 Å². The minimum atomic E-state index is -0.920. The molecule has 0 saturated carbocycles. The third kappa shape index (κ3) is 6.53. The SMILES string of the molecule is CCOC(=O)C1=C(COC(=O)CNC(=O)c2ccc(C(C)(C)C)cc2)NC(=O)NC1c1ccc(C)o1. The molecule has 1 unspecified atom stereocenters. The monoisotopic (exact) mass is 497 g/mol. The van der Waals surface area contributed by atoms with Gasteiger partial charge in [-0.1, -0.05) is 32.9 Å². The molecule has 0 bridgehead atoms. The Morgan fingerprint density at radius 2 is 1.75 bits per heavy atom. The van der Waals surface area contributed by atoms with Crippen LogP contribution in [0.15, 0.2) is 52.1 Å². The van der Waals surface area contributed by atoms with Crippen molar-refractivity contribution in [2.75, 3.05) is 19.8 Å². The van der Waals surface area contributed by atoms with Gasteiger partial charge in [0.25, 0.3) is 5.91 Å². The Kier molecular flexibility index (Phi) is 8.18. The molecule has 2 aromatic rings. The van der Waals surface area contributed by atoms with E-state index in [1.54, 1.807) is 38.1 Å². The fourth-order valence-corrected chi connectivity index (χ4v) is 3.58. The maximum Gasteiger partial charge on any atom is 0.338 e. The number of rotatable bonds is 8. The molecule has 1 aromatic heterocycles. The molecule has 1 atom stereocenters. The van der Waals surface area contributed by atoms with Crippen molar-refractivity contribution in [1.29, 1.82) is 0 Å². The molecule has 192 valence electrons. The van der Waals surface area contributed by atoms with Crippen LogP contribution in [0, 0.1) is 6.92 Å². The fourth-order valence-electron chi connectivity index (χ4n) is 3.58. The van der Waals surface area contributed by atoms with Crippen molar-refractivity contribution < 1.29 is 33.1 Å². The summed E-state index contributed by atoms with van der Waals surface area (Å²) in [6, 6.07) is 8.94. The van der Waals surface area contributed by atoms with E-state index in [1.165, 1.54) is 0 Å². The highest BCUT2D eigenvalue weighted by Crippen LogP contribution is 2.29. The molecule has 36 heavy (non-hydrogen) atoms. The number of hydrogen-bond donors (Lipinski definition) is 3. The second-order valence-corrected chi connectivity index (χ2v) is 9.26. The number of hydrogen-bond acceptors (Lipinski definition) is 7. The van der Waals surface area contributed by atoms with Crippen molar-refractivity contribution in [3.8, 4) is 0 Å². The molecule has 1 aliphatic heterocycles. The summed E-state index contributed by atoms with van der Waals surface area (Å²) in [5.41, 5.74) is 1.56. The van der Waals surface area contributed by atoms with Crippen LogP contribution in [0.1, 0.15) is 61.2 Å². The Balaban J connectivity index is 1.67. The summed E-state index contributed by atoms with van der Waals surface area (Å²) in [4.78, 5) is 49.7. The molecule has 0 saturated heterocycles. The van der Waals surface area contributed by atoms with Crippen LogP contribution in [0.5, 0.6) is 0 Å². The number of esters is 2. The highest BCUT2D eigenvalue weighted by atomic mass is 16.5. The van der Waals surface area contributed by atoms with Crippen molar-refractivity contribution in [3.63, 3.8) is 0 Å². The van der Waals surface area contributed by atoms with Gasteiger partial charge in [0, 0.05) is 5.56 Å². The molecule has 1 aliphatic rings. The molecule has 2 heterocycles. The average Bonchev–Trinajstić information content (AvgIpc) is 3.26. The number of ether oxygens (including phenoxy) is 2. The summed E-state index contributed by atoms with van der Waals surface area (Å²) >= 11 is 0. The number of urea groups is 1. The first-order chi connectivity index (χ1) is 17.0. The molecule has 10 heteroatoms. The van der Waals surface area contributed by atoms with Gasteiger partial charge in [-0.05, 0) is 49.1 Å². The van der Waals surface area contributed by atoms with Crippen LogP contribution < -0.4 is 16.0 Å². The van der Waals surface area contributed by atoms with Crippen LogP contribution in [-0.2, 0) is 24.5 Å². The molecular formula is C26H31N3O7. The van der Waals surface area contributed by atoms with Gasteiger partial charge in [0.1, 0.15) is 30.7 Å². The first kappa shape index (κ1) is 26.5. The summed E-state index contributed by atoms with van der Waals surface area (Å²) in [6.07, 6.45) is 0. The van der Waals surface area contributed by atoms with Gasteiger partial charge >= 0.3 is 18.0 Å². The average molecular weight is 498 g/mol. The van der Waals surface area contributed by atoms with Gasteiger partial charge in [0.05, 0.1) is 17.9 Å². The van der Waals surface area contributed by atoms with Gasteiger partial charge in [-0.25, -0.2) is 9.59 Å². The number of aryl methyl sites for hydroxylation is 1. The zero-order valence-corrected chi connectivity index (χ0v) is 21.0. The number of furan rings is 1. The van der Waals surface area contributed by atoms with E-state index in [0.29, 0.717) is 17.1 Å². The van der Waals surface area contributed by atoms with E-state index in [-0.39, 0.29) is 23.3 Å².